The van der Waals surface area contributed by atoms with Crippen molar-refractivity contribution in [3.8, 4) is 0 Å². The first-order valence-electron chi connectivity index (χ1n) is 0. The summed E-state index contributed by atoms with van der Waals surface area (Å²) in [5.74, 6) is 0. The average Bonchev–Trinajstić information content (AvgIpc) is 0. The van der Waals surface area contributed by atoms with Crippen LogP contribution in [0.25, 0.3) is 0 Å². The zero-order valence-corrected chi connectivity index (χ0v) is 17.9. The summed E-state index contributed by atoms with van der Waals surface area (Å²) >= 11 is 0. The van der Waals surface area contributed by atoms with E-state index in [0.717, 1.165) is 0 Å². The molecule has 0 saturated carbocycles. The fraction of sp³-hybridized carbons (Fsp3) is 0. The third kappa shape index (κ3) is 22.5. The van der Waals surface area contributed by atoms with Gasteiger partial charge in [0.1, 0.15) is 0 Å². The minimum absolute atomic E-state index is 0. The first kappa shape index (κ1) is 39.7. The van der Waals surface area contributed by atoms with Crippen molar-refractivity contribution in [2.45, 2.75) is 0 Å². The quantitative estimate of drug-likeness (QED) is 0.345. The van der Waals surface area contributed by atoms with Gasteiger partial charge in [-0.15, -0.1) is 0 Å². The van der Waals surface area contributed by atoms with Gasteiger partial charge in [-0.2, -0.15) is 0 Å². The Morgan fingerprint density at radius 1 is 0.333 bits per heavy atom. The summed E-state index contributed by atoms with van der Waals surface area (Å²) in [6, 6.07) is 0. The number of hydrogen-bond acceptors (Lipinski definition) is 0. The van der Waals surface area contributed by atoms with Gasteiger partial charge in [0.15, 0.2) is 0 Å². The van der Waals surface area contributed by atoms with E-state index < -0.39 is 0 Å². The fourth-order valence-corrected chi connectivity index (χ4v) is 0. The van der Waals surface area contributed by atoms with Crippen molar-refractivity contribution >= 4 is 186 Å². The molecule has 0 heterocycles. The SMILES string of the molecule is [Ca].[Na].[Na].[Na].[Na].[Na]. The molecular formula is CaNa5. The second kappa shape index (κ2) is 30.2. The minimum Gasteiger partial charge on any atom is 0 e. The summed E-state index contributed by atoms with van der Waals surface area (Å²) in [5, 5.41) is 0. The second-order valence-electron chi connectivity index (χ2n) is 0. The van der Waals surface area contributed by atoms with Crippen LogP contribution >= 0.6 is 0 Å². The topological polar surface area (TPSA) is 0 Å². The predicted octanol–water partition coefficient (Wildman–Crippen LogP) is -2.28. The number of rotatable bonds is 0. The Bertz CT molecular complexity index is 3.90. The third-order valence-electron chi connectivity index (χ3n) is 0. The molecule has 0 bridgehead atoms. The summed E-state index contributed by atoms with van der Waals surface area (Å²) < 4.78 is 0. The predicted molar refractivity (Wildman–Crippen MR) is 34.5 cm³/mol. The Hall–Kier alpha value is 6.26. The molecule has 0 aromatic heterocycles. The molecule has 0 amide bonds. The van der Waals surface area contributed by atoms with Crippen molar-refractivity contribution < 1.29 is 0 Å². The molecule has 0 atom stereocenters. The molecule has 7 radical (unpaired) electrons. The second-order valence-corrected chi connectivity index (χ2v) is 0. The van der Waals surface area contributed by atoms with Crippen LogP contribution in [0.15, 0.2) is 0 Å². The van der Waals surface area contributed by atoms with Crippen molar-refractivity contribution in [1.29, 1.82) is 0 Å². The summed E-state index contributed by atoms with van der Waals surface area (Å²) in [7, 11) is 0. The van der Waals surface area contributed by atoms with E-state index in [-0.39, 0.29) is 186 Å². The molecule has 0 saturated heterocycles. The fourth-order valence-electron chi connectivity index (χ4n) is 0. The summed E-state index contributed by atoms with van der Waals surface area (Å²) in [5.41, 5.74) is 0. The normalized spacial score (nSPS) is 0. The zero-order chi connectivity index (χ0) is 0. The van der Waals surface area contributed by atoms with Gasteiger partial charge in [-0.3, -0.25) is 0 Å². The Kier molecular flexibility index (Phi) is 200. The molecule has 6 heteroatoms. The van der Waals surface area contributed by atoms with E-state index in [0.29, 0.717) is 0 Å². The largest absolute Gasteiger partial charge is 0 e. The molecule has 0 aliphatic rings. The van der Waals surface area contributed by atoms with Gasteiger partial charge in [0.2, 0.25) is 0 Å². The molecule has 0 rings (SSSR count). The van der Waals surface area contributed by atoms with Gasteiger partial charge >= 0.3 is 0 Å². The van der Waals surface area contributed by atoms with Gasteiger partial charge in [-0.25, -0.2) is 0 Å². The molecule has 0 aromatic carbocycles. The first-order valence-corrected chi connectivity index (χ1v) is 0. The van der Waals surface area contributed by atoms with E-state index in [1.807, 2.05) is 0 Å². The Balaban J connectivity index is 0. The van der Waals surface area contributed by atoms with Gasteiger partial charge in [0, 0.05) is 186 Å². The van der Waals surface area contributed by atoms with E-state index >= 15 is 0 Å². The molecule has 0 fully saturated rings. The standard InChI is InChI=1S/Ca.5Na. The molecule has 0 unspecified atom stereocenters. The van der Waals surface area contributed by atoms with Gasteiger partial charge in [0.25, 0.3) is 0 Å². The van der Waals surface area contributed by atoms with Crippen LogP contribution in [0.3, 0.4) is 0 Å². The van der Waals surface area contributed by atoms with Crippen molar-refractivity contribution in [1.82, 2.24) is 0 Å². The average molecular weight is 155 g/mol. The molecule has 0 spiro atoms. The Morgan fingerprint density at radius 2 is 0.333 bits per heavy atom. The van der Waals surface area contributed by atoms with E-state index in [9.17, 15) is 0 Å². The van der Waals surface area contributed by atoms with Crippen LogP contribution in [0.1, 0.15) is 0 Å². The monoisotopic (exact) mass is 155 g/mol. The first-order chi connectivity index (χ1) is 0. The maximum atomic E-state index is 0. The molecule has 0 aliphatic heterocycles. The molecule has 0 aromatic rings. The molecular weight excluding hydrogens is 155 g/mol. The van der Waals surface area contributed by atoms with Crippen LogP contribution in [0.2, 0.25) is 0 Å². The minimum atomic E-state index is 0. The Labute approximate surface area is 180 Å². The summed E-state index contributed by atoms with van der Waals surface area (Å²) in [6.07, 6.45) is 0. The molecule has 0 N–H and O–H groups in total. The van der Waals surface area contributed by atoms with Crippen molar-refractivity contribution in [3.63, 3.8) is 0 Å². The van der Waals surface area contributed by atoms with Crippen LogP contribution < -0.4 is 0 Å². The molecule has 0 nitrogen and oxygen atoms in total. The smallest absolute Gasteiger partial charge is 0 e. The van der Waals surface area contributed by atoms with Crippen molar-refractivity contribution in [2.24, 2.45) is 0 Å². The van der Waals surface area contributed by atoms with E-state index in [4.69, 9.17) is 0 Å². The molecule has 7 valence electrons. The van der Waals surface area contributed by atoms with Gasteiger partial charge in [-0.05, 0) is 0 Å². The van der Waals surface area contributed by atoms with Crippen LogP contribution in [-0.2, 0) is 0 Å². The zero-order valence-electron chi connectivity index (χ0n) is 5.71. The Morgan fingerprint density at radius 3 is 0.333 bits per heavy atom. The van der Waals surface area contributed by atoms with E-state index in [2.05, 4.69) is 0 Å². The summed E-state index contributed by atoms with van der Waals surface area (Å²) in [6.45, 7) is 0. The van der Waals surface area contributed by atoms with Crippen molar-refractivity contribution in [2.75, 3.05) is 0 Å². The maximum Gasteiger partial charge on any atom is 0 e. The summed E-state index contributed by atoms with van der Waals surface area (Å²) in [4.78, 5) is 0. The maximum absolute atomic E-state index is 0. The molecule has 0 aliphatic carbocycles. The van der Waals surface area contributed by atoms with Crippen LogP contribution in [0.4, 0.5) is 0 Å². The van der Waals surface area contributed by atoms with Crippen molar-refractivity contribution in [3.05, 3.63) is 0 Å². The van der Waals surface area contributed by atoms with E-state index in [1.54, 1.807) is 0 Å². The van der Waals surface area contributed by atoms with Gasteiger partial charge in [-0.1, -0.05) is 0 Å². The van der Waals surface area contributed by atoms with Gasteiger partial charge in [0.05, 0.1) is 0 Å². The van der Waals surface area contributed by atoms with Crippen LogP contribution in [0, 0.1) is 0 Å². The number of hydrogen-bond donors (Lipinski definition) is 0. The molecule has 6 heavy (non-hydrogen) atoms. The third-order valence-corrected chi connectivity index (χ3v) is 0. The van der Waals surface area contributed by atoms with Gasteiger partial charge < -0.3 is 0 Å². The van der Waals surface area contributed by atoms with E-state index in [1.165, 1.54) is 0 Å². The van der Waals surface area contributed by atoms with Crippen LogP contribution in [0.5, 0.6) is 0 Å². The van der Waals surface area contributed by atoms with Crippen LogP contribution in [-0.4, -0.2) is 186 Å².